The number of ether oxygens (including phenoxy) is 4. The second-order valence-corrected chi connectivity index (χ2v) is 29.1. The lowest BCUT2D eigenvalue weighted by Gasteiger charge is -2.21. The number of rotatable bonds is 69. The maximum Gasteiger partial charge on any atom is 0.472 e. The molecule has 2 unspecified atom stereocenters. The van der Waals surface area contributed by atoms with Gasteiger partial charge in [0.15, 0.2) is 12.2 Å². The summed E-state index contributed by atoms with van der Waals surface area (Å²) in [6.45, 7) is 9.49. The number of aliphatic hydroxyl groups excluding tert-OH is 1. The molecule has 0 saturated carbocycles. The van der Waals surface area contributed by atoms with Gasteiger partial charge in [-0.25, -0.2) is 9.13 Å². The van der Waals surface area contributed by atoms with Gasteiger partial charge >= 0.3 is 39.5 Å². The third kappa shape index (κ3) is 64.6. The number of aliphatic hydroxyl groups is 1. The topological polar surface area (TPSA) is 237 Å². The molecule has 528 valence electrons. The summed E-state index contributed by atoms with van der Waals surface area (Å²) < 4.78 is 68.3. The Kier molecular flexibility index (Phi) is 60.8. The van der Waals surface area contributed by atoms with Crippen LogP contribution in [0.1, 0.15) is 356 Å². The summed E-state index contributed by atoms with van der Waals surface area (Å²) in [6.07, 6.45) is 47.2. The number of esters is 4. The Morgan fingerprint density at radius 2 is 0.517 bits per heavy atom. The van der Waals surface area contributed by atoms with Crippen molar-refractivity contribution in [3.8, 4) is 0 Å². The van der Waals surface area contributed by atoms with E-state index in [1.165, 1.54) is 173 Å². The van der Waals surface area contributed by atoms with E-state index >= 15 is 0 Å². The van der Waals surface area contributed by atoms with Gasteiger partial charge in [-0.3, -0.25) is 37.3 Å². The van der Waals surface area contributed by atoms with E-state index in [1.807, 2.05) is 0 Å². The zero-order valence-electron chi connectivity index (χ0n) is 57.7. The molecule has 0 rings (SSSR count). The minimum atomic E-state index is -4.95. The van der Waals surface area contributed by atoms with Crippen LogP contribution in [0.4, 0.5) is 0 Å². The molecule has 0 aliphatic heterocycles. The molecule has 89 heavy (non-hydrogen) atoms. The number of hydrogen-bond acceptors (Lipinski definition) is 15. The Morgan fingerprint density at radius 1 is 0.303 bits per heavy atom. The number of phosphoric acid groups is 2. The van der Waals surface area contributed by atoms with Gasteiger partial charge in [0.05, 0.1) is 26.4 Å². The molecule has 0 aromatic heterocycles. The van der Waals surface area contributed by atoms with Gasteiger partial charge in [0.25, 0.3) is 0 Å². The van der Waals surface area contributed by atoms with Gasteiger partial charge < -0.3 is 33.8 Å². The molecule has 19 heteroatoms. The van der Waals surface area contributed by atoms with Crippen molar-refractivity contribution in [2.24, 2.45) is 11.8 Å². The van der Waals surface area contributed by atoms with E-state index < -0.39 is 97.5 Å². The molecular weight excluding hydrogens is 1170 g/mol. The standard InChI is InChI=1S/C70H136O17P2/c1-7-9-11-13-15-17-18-19-20-21-22-23-29-36-42-48-54-69(74)86-66(59-81-68(73)53-47-41-35-30-24-27-32-38-44-50-62(3)4)61-85-89(78,79)83-57-64(71)56-82-88(76,77)84-60-65(58-80-67(72)52-46-40-34-26-16-14-12-10-8-2)87-70(75)55-49-43-37-31-25-28-33-39-45-51-63(5)6/h62-66,71H,7-61H2,1-6H3,(H,76,77)(H,78,79)/t64-,65+,66+/m0/s1. The summed E-state index contributed by atoms with van der Waals surface area (Å²) in [7, 11) is -9.90. The molecule has 3 N–H and O–H groups in total. The summed E-state index contributed by atoms with van der Waals surface area (Å²) in [5.74, 6) is -0.645. The van der Waals surface area contributed by atoms with Crippen LogP contribution < -0.4 is 0 Å². The molecule has 0 aromatic rings. The second kappa shape index (κ2) is 62.2. The predicted molar refractivity (Wildman–Crippen MR) is 358 cm³/mol. The van der Waals surface area contributed by atoms with E-state index in [0.717, 1.165) is 102 Å². The summed E-state index contributed by atoms with van der Waals surface area (Å²) in [5, 5.41) is 10.6. The summed E-state index contributed by atoms with van der Waals surface area (Å²) in [5.41, 5.74) is 0. The monoisotopic (exact) mass is 1310 g/mol. The Bertz CT molecular complexity index is 1730. The minimum absolute atomic E-state index is 0.105. The van der Waals surface area contributed by atoms with Gasteiger partial charge in [-0.15, -0.1) is 0 Å². The van der Waals surface area contributed by atoms with Crippen molar-refractivity contribution < 1.29 is 80.2 Å². The van der Waals surface area contributed by atoms with Gasteiger partial charge in [0, 0.05) is 25.7 Å². The largest absolute Gasteiger partial charge is 0.472 e. The van der Waals surface area contributed by atoms with E-state index in [0.29, 0.717) is 25.7 Å². The zero-order valence-corrected chi connectivity index (χ0v) is 59.5. The first-order valence-corrected chi connectivity index (χ1v) is 39.5. The molecule has 0 saturated heterocycles. The van der Waals surface area contributed by atoms with E-state index in [9.17, 15) is 43.2 Å². The molecular formula is C70H136O17P2. The fourth-order valence-electron chi connectivity index (χ4n) is 10.6. The average molecular weight is 1310 g/mol. The molecule has 0 bridgehead atoms. The van der Waals surface area contributed by atoms with Gasteiger partial charge in [0.2, 0.25) is 0 Å². The van der Waals surface area contributed by atoms with Gasteiger partial charge in [-0.1, -0.05) is 305 Å². The van der Waals surface area contributed by atoms with Crippen molar-refractivity contribution in [2.45, 2.75) is 374 Å². The highest BCUT2D eigenvalue weighted by molar-refractivity contribution is 7.47. The Labute approximate surface area is 543 Å². The molecule has 0 aliphatic carbocycles. The van der Waals surface area contributed by atoms with Crippen molar-refractivity contribution in [1.29, 1.82) is 0 Å². The molecule has 0 radical (unpaired) electrons. The maximum absolute atomic E-state index is 13.0. The highest BCUT2D eigenvalue weighted by Crippen LogP contribution is 2.45. The van der Waals surface area contributed by atoms with E-state index in [4.69, 9.17) is 37.0 Å². The van der Waals surface area contributed by atoms with E-state index in [2.05, 4.69) is 41.5 Å². The third-order valence-electron chi connectivity index (χ3n) is 16.2. The predicted octanol–water partition coefficient (Wildman–Crippen LogP) is 20.0. The number of unbranched alkanes of at least 4 members (excludes halogenated alkanes) is 39. The number of hydrogen-bond donors (Lipinski definition) is 3. The maximum atomic E-state index is 13.0. The van der Waals surface area contributed by atoms with E-state index in [-0.39, 0.29) is 25.7 Å². The third-order valence-corrected chi connectivity index (χ3v) is 18.1. The highest BCUT2D eigenvalue weighted by atomic mass is 31.2. The van der Waals surface area contributed by atoms with Crippen molar-refractivity contribution in [3.05, 3.63) is 0 Å². The van der Waals surface area contributed by atoms with Crippen molar-refractivity contribution in [1.82, 2.24) is 0 Å². The second-order valence-electron chi connectivity index (χ2n) is 26.2. The normalized spacial score (nSPS) is 14.1. The van der Waals surface area contributed by atoms with Crippen LogP contribution in [0.5, 0.6) is 0 Å². The van der Waals surface area contributed by atoms with Crippen molar-refractivity contribution in [2.75, 3.05) is 39.6 Å². The molecule has 0 amide bonds. The number of phosphoric ester groups is 2. The van der Waals surface area contributed by atoms with Crippen LogP contribution in [-0.2, 0) is 65.4 Å². The Hall–Kier alpha value is -1.94. The van der Waals surface area contributed by atoms with Crippen LogP contribution in [0.25, 0.3) is 0 Å². The van der Waals surface area contributed by atoms with Crippen LogP contribution in [0.2, 0.25) is 0 Å². The lowest BCUT2D eigenvalue weighted by Crippen LogP contribution is -2.30. The fraction of sp³-hybridized carbons (Fsp3) is 0.943. The van der Waals surface area contributed by atoms with Crippen LogP contribution in [-0.4, -0.2) is 96.7 Å². The molecule has 17 nitrogen and oxygen atoms in total. The quantitative estimate of drug-likeness (QED) is 0.0222. The minimum Gasteiger partial charge on any atom is -0.462 e. The molecule has 0 heterocycles. The number of carbonyl (C=O) groups is 4. The molecule has 0 aliphatic rings. The summed E-state index contributed by atoms with van der Waals surface area (Å²) >= 11 is 0. The molecule has 0 aromatic carbocycles. The smallest absolute Gasteiger partial charge is 0.462 e. The Morgan fingerprint density at radius 3 is 0.764 bits per heavy atom. The molecule has 0 fully saturated rings. The summed E-state index contributed by atoms with van der Waals surface area (Å²) in [6, 6.07) is 0. The Balaban J connectivity index is 5.23. The summed E-state index contributed by atoms with van der Waals surface area (Å²) in [4.78, 5) is 72.5. The molecule has 5 atom stereocenters. The highest BCUT2D eigenvalue weighted by Gasteiger charge is 2.30. The van der Waals surface area contributed by atoms with Gasteiger partial charge in [-0.05, 0) is 37.5 Å². The van der Waals surface area contributed by atoms with E-state index in [1.54, 1.807) is 0 Å². The fourth-order valence-corrected chi connectivity index (χ4v) is 12.2. The molecule has 0 spiro atoms. The first-order chi connectivity index (χ1) is 42.9. The van der Waals surface area contributed by atoms with Crippen LogP contribution >= 0.6 is 15.6 Å². The first kappa shape index (κ1) is 87.1. The SMILES string of the molecule is CCCCCCCCCCCCCCCCCCC(=O)O[C@H](COC(=O)CCCCCCCCCCCC(C)C)COP(=O)(O)OC[C@@H](O)COP(=O)(O)OC[C@@H](COC(=O)CCCCCCCCCCC)OC(=O)CCCCCCCCCCCC(C)C. The van der Waals surface area contributed by atoms with Crippen LogP contribution in [0.3, 0.4) is 0 Å². The zero-order chi connectivity index (χ0) is 65.7. The lowest BCUT2D eigenvalue weighted by molar-refractivity contribution is -0.161. The van der Waals surface area contributed by atoms with Crippen LogP contribution in [0.15, 0.2) is 0 Å². The average Bonchev–Trinajstić information content (AvgIpc) is 3.55. The van der Waals surface area contributed by atoms with Crippen molar-refractivity contribution >= 4 is 39.5 Å². The van der Waals surface area contributed by atoms with Gasteiger partial charge in [0.1, 0.15) is 19.3 Å². The van der Waals surface area contributed by atoms with Gasteiger partial charge in [-0.2, -0.15) is 0 Å². The van der Waals surface area contributed by atoms with Crippen molar-refractivity contribution in [3.63, 3.8) is 0 Å². The lowest BCUT2D eigenvalue weighted by atomic mass is 10.0. The van der Waals surface area contributed by atoms with Crippen LogP contribution in [0, 0.1) is 11.8 Å². The first-order valence-electron chi connectivity index (χ1n) is 36.5. The number of carbonyl (C=O) groups excluding carboxylic acids is 4.